The SMILES string of the molecule is Cc1ccc(-c2ccc3c(c2)c2oc4ccccc4c2n3-c2ccc(-c3ccc(N(c4ccc(-c5ccccc5)cc4)c4ccc(-c5ccccc5)cc4)cc3)cc2)cc1. The van der Waals surface area contributed by atoms with Crippen LogP contribution in [0.4, 0.5) is 17.1 Å². The van der Waals surface area contributed by atoms with Crippen molar-refractivity contribution in [2.75, 3.05) is 4.90 Å². The van der Waals surface area contributed by atoms with Crippen LogP contribution in [0.25, 0.3) is 83.2 Å². The summed E-state index contributed by atoms with van der Waals surface area (Å²) in [4.78, 5) is 2.33. The summed E-state index contributed by atoms with van der Waals surface area (Å²) in [7, 11) is 0. The van der Waals surface area contributed by atoms with Gasteiger partial charge in [0, 0.05) is 33.5 Å². The Hall–Kier alpha value is -7.88. The quantitative estimate of drug-likeness (QED) is 0.154. The lowest BCUT2D eigenvalue weighted by atomic mass is 10.0. The topological polar surface area (TPSA) is 21.3 Å². The molecule has 284 valence electrons. The zero-order valence-corrected chi connectivity index (χ0v) is 33.2. The highest BCUT2D eigenvalue weighted by Crippen LogP contribution is 2.42. The molecule has 3 heteroatoms. The molecule has 0 aliphatic heterocycles. The van der Waals surface area contributed by atoms with Gasteiger partial charge in [-0.25, -0.2) is 0 Å². The lowest BCUT2D eigenvalue weighted by Crippen LogP contribution is -2.09. The molecule has 2 heterocycles. The molecule has 11 rings (SSSR count). The Morgan fingerprint density at radius 3 is 1.32 bits per heavy atom. The first-order chi connectivity index (χ1) is 29.6. The highest BCUT2D eigenvalue weighted by molar-refractivity contribution is 6.17. The molecule has 60 heavy (non-hydrogen) atoms. The standard InChI is InChI=1S/C57H40N2O/c1-39-16-18-46(19-17-39)47-28-37-54-53(38-47)57-56(52-14-8-9-15-55(52)60-57)59(54)51-35-26-45(27-36-51)44-24-33-50(34-25-44)58(48-29-20-42(21-30-48)40-10-4-2-5-11-40)49-31-22-43(23-32-49)41-12-6-3-7-13-41/h2-38H,1H3. The summed E-state index contributed by atoms with van der Waals surface area (Å²) in [6, 6.07) is 80.4. The first kappa shape index (κ1) is 35.3. The van der Waals surface area contributed by atoms with Crippen LogP contribution in [0, 0.1) is 6.92 Å². The molecule has 0 unspecified atom stereocenters. The summed E-state index contributed by atoms with van der Waals surface area (Å²) < 4.78 is 8.95. The van der Waals surface area contributed by atoms with Crippen LogP contribution in [0.2, 0.25) is 0 Å². The van der Waals surface area contributed by atoms with E-state index in [1.165, 1.54) is 38.9 Å². The van der Waals surface area contributed by atoms with Crippen LogP contribution in [-0.2, 0) is 0 Å². The van der Waals surface area contributed by atoms with Gasteiger partial charge in [-0.05, 0) is 124 Å². The van der Waals surface area contributed by atoms with Crippen molar-refractivity contribution < 1.29 is 4.42 Å². The van der Waals surface area contributed by atoms with Gasteiger partial charge in [0.1, 0.15) is 11.1 Å². The number of hydrogen-bond donors (Lipinski definition) is 0. The maximum absolute atomic E-state index is 6.59. The zero-order valence-electron chi connectivity index (χ0n) is 33.2. The second-order valence-corrected chi connectivity index (χ2v) is 15.5. The molecule has 0 fully saturated rings. The highest BCUT2D eigenvalue weighted by atomic mass is 16.3. The van der Waals surface area contributed by atoms with Gasteiger partial charge in [0.05, 0.1) is 5.52 Å². The maximum atomic E-state index is 6.59. The van der Waals surface area contributed by atoms with Gasteiger partial charge in [-0.1, -0.05) is 157 Å². The zero-order chi connectivity index (χ0) is 40.0. The lowest BCUT2D eigenvalue weighted by molar-refractivity contribution is 0.673. The minimum Gasteiger partial charge on any atom is -0.454 e. The predicted molar refractivity (Wildman–Crippen MR) is 252 cm³/mol. The van der Waals surface area contributed by atoms with Crippen molar-refractivity contribution in [2.24, 2.45) is 0 Å². The Morgan fingerprint density at radius 1 is 0.367 bits per heavy atom. The van der Waals surface area contributed by atoms with Crippen LogP contribution in [0.5, 0.6) is 0 Å². The summed E-state index contributed by atoms with van der Waals surface area (Å²) in [6.45, 7) is 2.12. The van der Waals surface area contributed by atoms with Gasteiger partial charge < -0.3 is 13.9 Å². The number of nitrogens with zero attached hydrogens (tertiary/aromatic N) is 2. The largest absolute Gasteiger partial charge is 0.454 e. The molecular formula is C57H40N2O. The van der Waals surface area contributed by atoms with E-state index in [0.717, 1.165) is 66.8 Å². The Morgan fingerprint density at radius 2 is 0.783 bits per heavy atom. The number of aryl methyl sites for hydroxylation is 1. The molecule has 0 bridgehead atoms. The first-order valence-electron chi connectivity index (χ1n) is 20.5. The van der Waals surface area contributed by atoms with Crippen LogP contribution in [0.15, 0.2) is 229 Å². The summed E-state index contributed by atoms with van der Waals surface area (Å²) in [5.41, 5.74) is 19.1. The number of rotatable bonds is 8. The molecule has 0 spiro atoms. The highest BCUT2D eigenvalue weighted by Gasteiger charge is 2.20. The van der Waals surface area contributed by atoms with E-state index in [9.17, 15) is 0 Å². The van der Waals surface area contributed by atoms with Gasteiger partial charge in [0.15, 0.2) is 5.58 Å². The van der Waals surface area contributed by atoms with Crippen LogP contribution < -0.4 is 4.90 Å². The Balaban J connectivity index is 0.946. The number of aromatic nitrogens is 1. The molecule has 0 atom stereocenters. The van der Waals surface area contributed by atoms with Crippen molar-refractivity contribution in [3.05, 3.63) is 230 Å². The maximum Gasteiger partial charge on any atom is 0.161 e. The second-order valence-electron chi connectivity index (χ2n) is 15.5. The minimum atomic E-state index is 0.893. The van der Waals surface area contributed by atoms with E-state index in [1.807, 2.05) is 6.07 Å². The minimum absolute atomic E-state index is 0.893. The number of furan rings is 1. The molecule has 3 nitrogen and oxygen atoms in total. The van der Waals surface area contributed by atoms with E-state index in [-0.39, 0.29) is 0 Å². The Bertz CT molecular complexity index is 3170. The van der Waals surface area contributed by atoms with E-state index < -0.39 is 0 Å². The van der Waals surface area contributed by atoms with E-state index in [1.54, 1.807) is 0 Å². The third-order valence-electron chi connectivity index (χ3n) is 11.7. The molecule has 0 aliphatic rings. The fraction of sp³-hybridized carbons (Fsp3) is 0.0175. The van der Waals surface area contributed by atoms with E-state index in [4.69, 9.17) is 4.42 Å². The molecule has 0 N–H and O–H groups in total. The molecular weight excluding hydrogens is 729 g/mol. The molecule has 0 radical (unpaired) electrons. The van der Waals surface area contributed by atoms with Gasteiger partial charge in [0.2, 0.25) is 0 Å². The van der Waals surface area contributed by atoms with Gasteiger partial charge in [-0.2, -0.15) is 0 Å². The van der Waals surface area contributed by atoms with Crippen LogP contribution in [-0.4, -0.2) is 4.57 Å². The van der Waals surface area contributed by atoms with Crippen molar-refractivity contribution in [1.29, 1.82) is 0 Å². The van der Waals surface area contributed by atoms with E-state index in [0.29, 0.717) is 0 Å². The number of hydrogen-bond acceptors (Lipinski definition) is 2. The number of anilines is 3. The summed E-state index contributed by atoms with van der Waals surface area (Å²) in [5.74, 6) is 0. The fourth-order valence-corrected chi connectivity index (χ4v) is 8.58. The monoisotopic (exact) mass is 768 g/mol. The molecule has 11 aromatic rings. The summed E-state index contributed by atoms with van der Waals surface area (Å²) in [6.07, 6.45) is 0. The summed E-state index contributed by atoms with van der Waals surface area (Å²) >= 11 is 0. The molecule has 0 saturated carbocycles. The molecule has 9 aromatic carbocycles. The van der Waals surface area contributed by atoms with Crippen LogP contribution >= 0.6 is 0 Å². The average Bonchev–Trinajstić information content (AvgIpc) is 3.85. The van der Waals surface area contributed by atoms with Crippen LogP contribution in [0.3, 0.4) is 0 Å². The fourth-order valence-electron chi connectivity index (χ4n) is 8.58. The lowest BCUT2D eigenvalue weighted by Gasteiger charge is -2.26. The van der Waals surface area contributed by atoms with Crippen molar-refractivity contribution in [3.8, 4) is 50.2 Å². The normalized spacial score (nSPS) is 11.4. The number of para-hydroxylation sites is 1. The average molecular weight is 769 g/mol. The van der Waals surface area contributed by atoms with E-state index in [2.05, 4.69) is 235 Å². The van der Waals surface area contributed by atoms with Gasteiger partial charge in [0.25, 0.3) is 0 Å². The van der Waals surface area contributed by atoms with Crippen molar-refractivity contribution >= 4 is 50.0 Å². The Labute approximate surface area is 349 Å². The molecule has 0 aliphatic carbocycles. The number of fused-ring (bicyclic) bond motifs is 5. The number of benzene rings is 9. The van der Waals surface area contributed by atoms with Crippen LogP contribution in [0.1, 0.15) is 5.56 Å². The van der Waals surface area contributed by atoms with Gasteiger partial charge >= 0.3 is 0 Å². The first-order valence-corrected chi connectivity index (χ1v) is 20.5. The third kappa shape index (κ3) is 6.34. The molecule has 2 aromatic heterocycles. The summed E-state index contributed by atoms with van der Waals surface area (Å²) in [5, 5.41) is 2.21. The third-order valence-corrected chi connectivity index (χ3v) is 11.7. The van der Waals surface area contributed by atoms with Gasteiger partial charge in [-0.3, -0.25) is 0 Å². The van der Waals surface area contributed by atoms with Crippen molar-refractivity contribution in [1.82, 2.24) is 4.57 Å². The molecule has 0 saturated heterocycles. The van der Waals surface area contributed by atoms with Crippen molar-refractivity contribution in [2.45, 2.75) is 6.92 Å². The van der Waals surface area contributed by atoms with Crippen molar-refractivity contribution in [3.63, 3.8) is 0 Å². The Kier molecular flexibility index (Phi) is 8.71. The smallest absolute Gasteiger partial charge is 0.161 e. The molecule has 0 amide bonds. The van der Waals surface area contributed by atoms with E-state index >= 15 is 0 Å². The predicted octanol–water partition coefficient (Wildman–Crippen LogP) is 16.0. The second kappa shape index (κ2) is 14.8. The van der Waals surface area contributed by atoms with Gasteiger partial charge in [-0.15, -0.1) is 0 Å².